The molecule has 0 aromatic heterocycles. The first-order valence-corrected chi connectivity index (χ1v) is 7.77. The highest BCUT2D eigenvalue weighted by atomic mass is 16.2. The number of benzene rings is 1. The number of carbonyl (C=O) groups excluding carboxylic acids is 2. The summed E-state index contributed by atoms with van der Waals surface area (Å²) in [5.74, 6) is -0.0333. The van der Waals surface area contributed by atoms with E-state index in [0.717, 1.165) is 45.3 Å². The minimum atomic E-state index is -0.0333. The summed E-state index contributed by atoms with van der Waals surface area (Å²) in [4.78, 5) is 26.9. The van der Waals surface area contributed by atoms with E-state index >= 15 is 0 Å². The van der Waals surface area contributed by atoms with Gasteiger partial charge in [0, 0.05) is 32.1 Å². The average molecular weight is 288 g/mol. The van der Waals surface area contributed by atoms with Crippen molar-refractivity contribution < 1.29 is 9.59 Å². The number of likely N-dealkylation sites (tertiary alicyclic amines) is 1. The summed E-state index contributed by atoms with van der Waals surface area (Å²) in [6.45, 7) is 4.77. The molecule has 1 fully saturated rings. The van der Waals surface area contributed by atoms with Crippen LogP contribution in [0.5, 0.6) is 0 Å². The van der Waals surface area contributed by atoms with E-state index in [-0.39, 0.29) is 11.9 Å². The SMILES string of the molecule is CCCC(=O)N(C=O)C1CCN(Cc2ccccc2)CC1. The van der Waals surface area contributed by atoms with Crippen LogP contribution in [-0.4, -0.2) is 41.2 Å². The van der Waals surface area contributed by atoms with Crippen LogP contribution in [-0.2, 0) is 16.1 Å². The van der Waals surface area contributed by atoms with Gasteiger partial charge in [-0.1, -0.05) is 37.3 Å². The Bertz CT molecular complexity index is 453. The van der Waals surface area contributed by atoms with Crippen molar-refractivity contribution in [1.82, 2.24) is 9.80 Å². The summed E-state index contributed by atoms with van der Waals surface area (Å²) in [6.07, 6.45) is 3.72. The third kappa shape index (κ3) is 4.39. The molecule has 21 heavy (non-hydrogen) atoms. The fourth-order valence-electron chi connectivity index (χ4n) is 2.89. The monoisotopic (exact) mass is 288 g/mol. The molecule has 0 atom stereocenters. The summed E-state index contributed by atoms with van der Waals surface area (Å²) in [7, 11) is 0. The minimum absolute atomic E-state index is 0.0333. The number of rotatable bonds is 6. The van der Waals surface area contributed by atoms with Crippen molar-refractivity contribution in [2.24, 2.45) is 0 Å². The van der Waals surface area contributed by atoms with Gasteiger partial charge in [0.05, 0.1) is 0 Å². The van der Waals surface area contributed by atoms with Gasteiger partial charge in [-0.05, 0) is 24.8 Å². The van der Waals surface area contributed by atoms with Crippen molar-refractivity contribution in [1.29, 1.82) is 0 Å². The lowest BCUT2D eigenvalue weighted by molar-refractivity contribution is -0.141. The highest BCUT2D eigenvalue weighted by molar-refractivity contribution is 5.86. The van der Waals surface area contributed by atoms with Crippen molar-refractivity contribution >= 4 is 12.3 Å². The Hall–Kier alpha value is -1.68. The van der Waals surface area contributed by atoms with Crippen LogP contribution < -0.4 is 0 Å². The fraction of sp³-hybridized carbons (Fsp3) is 0.529. The smallest absolute Gasteiger partial charge is 0.229 e. The predicted octanol–water partition coefficient (Wildman–Crippen LogP) is 2.44. The van der Waals surface area contributed by atoms with Gasteiger partial charge in [-0.2, -0.15) is 0 Å². The number of imide groups is 1. The topological polar surface area (TPSA) is 40.6 Å². The van der Waals surface area contributed by atoms with Gasteiger partial charge in [-0.25, -0.2) is 0 Å². The molecule has 1 aromatic rings. The Morgan fingerprint density at radius 3 is 2.52 bits per heavy atom. The van der Waals surface area contributed by atoms with E-state index < -0.39 is 0 Å². The zero-order valence-corrected chi connectivity index (χ0v) is 12.7. The van der Waals surface area contributed by atoms with Gasteiger partial charge in [-0.3, -0.25) is 19.4 Å². The standard InChI is InChI=1S/C17H24N2O2/c1-2-6-17(21)19(14-20)16-9-11-18(12-10-16)13-15-7-4-3-5-8-15/h3-5,7-8,14,16H,2,6,9-13H2,1H3. The molecule has 4 heteroatoms. The van der Waals surface area contributed by atoms with Crippen molar-refractivity contribution in [2.75, 3.05) is 13.1 Å². The molecule has 0 aliphatic carbocycles. The predicted molar refractivity (Wildman–Crippen MR) is 82.6 cm³/mol. The van der Waals surface area contributed by atoms with Crippen LogP contribution in [0.1, 0.15) is 38.2 Å². The second-order valence-electron chi connectivity index (χ2n) is 5.65. The van der Waals surface area contributed by atoms with E-state index in [4.69, 9.17) is 0 Å². The van der Waals surface area contributed by atoms with E-state index in [9.17, 15) is 9.59 Å². The Kier molecular flexibility index (Phi) is 5.93. The van der Waals surface area contributed by atoms with Crippen LogP contribution in [0.4, 0.5) is 0 Å². The normalized spacial score (nSPS) is 16.6. The maximum absolute atomic E-state index is 11.9. The molecular weight excluding hydrogens is 264 g/mol. The lowest BCUT2D eigenvalue weighted by Gasteiger charge is -2.35. The lowest BCUT2D eigenvalue weighted by atomic mass is 10.0. The van der Waals surface area contributed by atoms with Gasteiger partial charge in [0.2, 0.25) is 12.3 Å². The molecule has 0 radical (unpaired) electrons. The van der Waals surface area contributed by atoms with E-state index in [1.807, 2.05) is 13.0 Å². The second kappa shape index (κ2) is 7.93. The van der Waals surface area contributed by atoms with Crippen molar-refractivity contribution in [3.05, 3.63) is 35.9 Å². The van der Waals surface area contributed by atoms with Crippen molar-refractivity contribution in [2.45, 2.75) is 45.2 Å². The number of hydrogen-bond donors (Lipinski definition) is 0. The molecule has 0 unspecified atom stereocenters. The number of hydrogen-bond acceptors (Lipinski definition) is 3. The number of piperidine rings is 1. The van der Waals surface area contributed by atoms with Crippen LogP contribution in [0.25, 0.3) is 0 Å². The molecule has 1 aromatic carbocycles. The van der Waals surface area contributed by atoms with E-state index in [2.05, 4.69) is 29.2 Å². The lowest BCUT2D eigenvalue weighted by Crippen LogP contribution is -2.46. The molecule has 0 spiro atoms. The van der Waals surface area contributed by atoms with Crippen molar-refractivity contribution in [3.8, 4) is 0 Å². The quantitative estimate of drug-likeness (QED) is 0.755. The van der Waals surface area contributed by atoms with E-state index in [0.29, 0.717) is 6.42 Å². The molecule has 1 heterocycles. The zero-order valence-electron chi connectivity index (χ0n) is 12.7. The van der Waals surface area contributed by atoms with Crippen LogP contribution >= 0.6 is 0 Å². The first-order valence-electron chi connectivity index (χ1n) is 7.77. The Morgan fingerprint density at radius 1 is 1.29 bits per heavy atom. The molecule has 114 valence electrons. The van der Waals surface area contributed by atoms with E-state index in [1.165, 1.54) is 10.5 Å². The van der Waals surface area contributed by atoms with Crippen LogP contribution in [0.3, 0.4) is 0 Å². The number of amides is 2. The number of nitrogens with zero attached hydrogens (tertiary/aromatic N) is 2. The molecular formula is C17H24N2O2. The molecule has 0 saturated carbocycles. The zero-order chi connectivity index (χ0) is 15.1. The summed E-state index contributed by atoms with van der Waals surface area (Å²) in [6, 6.07) is 10.5. The molecule has 1 saturated heterocycles. The summed E-state index contributed by atoms with van der Waals surface area (Å²) in [5, 5.41) is 0. The molecule has 2 amide bonds. The Labute approximate surface area is 126 Å². The maximum atomic E-state index is 11.9. The molecule has 1 aliphatic heterocycles. The average Bonchev–Trinajstić information content (AvgIpc) is 2.51. The molecule has 0 N–H and O–H groups in total. The second-order valence-corrected chi connectivity index (χ2v) is 5.65. The van der Waals surface area contributed by atoms with Gasteiger partial charge in [0.1, 0.15) is 0 Å². The fourth-order valence-corrected chi connectivity index (χ4v) is 2.89. The Balaban J connectivity index is 1.84. The summed E-state index contributed by atoms with van der Waals surface area (Å²) >= 11 is 0. The summed E-state index contributed by atoms with van der Waals surface area (Å²) < 4.78 is 0. The van der Waals surface area contributed by atoms with Gasteiger partial charge in [0.15, 0.2) is 0 Å². The highest BCUT2D eigenvalue weighted by Crippen LogP contribution is 2.18. The third-order valence-electron chi connectivity index (χ3n) is 4.06. The minimum Gasteiger partial charge on any atom is -0.299 e. The van der Waals surface area contributed by atoms with Gasteiger partial charge < -0.3 is 0 Å². The van der Waals surface area contributed by atoms with Crippen molar-refractivity contribution in [3.63, 3.8) is 0 Å². The first kappa shape index (κ1) is 15.7. The third-order valence-corrected chi connectivity index (χ3v) is 4.06. The highest BCUT2D eigenvalue weighted by Gasteiger charge is 2.27. The van der Waals surface area contributed by atoms with Crippen LogP contribution in [0.2, 0.25) is 0 Å². The van der Waals surface area contributed by atoms with Gasteiger partial charge in [-0.15, -0.1) is 0 Å². The largest absolute Gasteiger partial charge is 0.299 e. The Morgan fingerprint density at radius 2 is 1.95 bits per heavy atom. The summed E-state index contributed by atoms with van der Waals surface area (Å²) in [5.41, 5.74) is 1.31. The first-order chi connectivity index (χ1) is 10.2. The maximum Gasteiger partial charge on any atom is 0.229 e. The molecule has 4 nitrogen and oxygen atoms in total. The molecule has 2 rings (SSSR count). The number of carbonyl (C=O) groups is 2. The van der Waals surface area contributed by atoms with Gasteiger partial charge >= 0.3 is 0 Å². The molecule has 0 bridgehead atoms. The van der Waals surface area contributed by atoms with E-state index in [1.54, 1.807) is 0 Å². The van der Waals surface area contributed by atoms with Gasteiger partial charge in [0.25, 0.3) is 0 Å². The molecule has 1 aliphatic rings. The van der Waals surface area contributed by atoms with Crippen LogP contribution in [0, 0.1) is 0 Å². The van der Waals surface area contributed by atoms with Crippen LogP contribution in [0.15, 0.2) is 30.3 Å².